The van der Waals surface area contributed by atoms with Crippen molar-refractivity contribution in [1.29, 1.82) is 0 Å². The number of aromatic nitrogens is 2. The Bertz CT molecular complexity index is 1270. The first-order valence-corrected chi connectivity index (χ1v) is 12.7. The van der Waals surface area contributed by atoms with Gasteiger partial charge in [0.15, 0.2) is 5.82 Å². The van der Waals surface area contributed by atoms with Crippen molar-refractivity contribution in [3.63, 3.8) is 0 Å². The molecule has 186 valence electrons. The molecule has 5 rings (SSSR count). The second-order valence-corrected chi connectivity index (χ2v) is 11.0. The molecule has 2 heterocycles. The van der Waals surface area contributed by atoms with Gasteiger partial charge in [-0.2, -0.15) is 18.3 Å². The largest absolute Gasteiger partial charge is 0.405 e. The number of nitrogens with one attached hydrogen (secondary N) is 1. The zero-order chi connectivity index (χ0) is 25.0. The van der Waals surface area contributed by atoms with Crippen molar-refractivity contribution < 1.29 is 18.0 Å². The van der Waals surface area contributed by atoms with Gasteiger partial charge in [0.2, 0.25) is 0 Å². The summed E-state index contributed by atoms with van der Waals surface area (Å²) in [7, 11) is 3.05. The van der Waals surface area contributed by atoms with Crippen molar-refractivity contribution in [1.82, 2.24) is 9.78 Å². The Morgan fingerprint density at radius 3 is 2.51 bits per heavy atom. The molecule has 2 aliphatic rings. The molecule has 2 fully saturated rings. The summed E-state index contributed by atoms with van der Waals surface area (Å²) in [4.78, 5) is 16.7. The van der Waals surface area contributed by atoms with Gasteiger partial charge in [-0.05, 0) is 90.1 Å². The van der Waals surface area contributed by atoms with Crippen LogP contribution >= 0.6 is 22.6 Å². The fraction of sp³-hybridized carbons (Fsp3) is 0.440. The van der Waals surface area contributed by atoms with Crippen molar-refractivity contribution in [3.05, 3.63) is 45.5 Å². The van der Waals surface area contributed by atoms with E-state index in [1.807, 2.05) is 12.1 Å². The molecule has 0 radical (unpaired) electrons. The van der Waals surface area contributed by atoms with Gasteiger partial charge >= 0.3 is 6.18 Å². The number of nitrogens with zero attached hydrogens (tertiary/aromatic N) is 4. The number of hydrogen-bond acceptors (Lipinski definition) is 4. The lowest BCUT2D eigenvalue weighted by Crippen LogP contribution is -2.35. The van der Waals surface area contributed by atoms with E-state index in [2.05, 4.69) is 44.0 Å². The summed E-state index contributed by atoms with van der Waals surface area (Å²) < 4.78 is 41.5. The Morgan fingerprint density at radius 2 is 1.86 bits per heavy atom. The Labute approximate surface area is 215 Å². The van der Waals surface area contributed by atoms with E-state index in [4.69, 9.17) is 0 Å². The Kier molecular flexibility index (Phi) is 6.13. The summed E-state index contributed by atoms with van der Waals surface area (Å²) in [6.07, 6.45) is 0.602. The van der Waals surface area contributed by atoms with E-state index in [1.165, 1.54) is 19.9 Å². The van der Waals surface area contributed by atoms with Gasteiger partial charge < -0.3 is 15.1 Å². The molecule has 0 bridgehead atoms. The summed E-state index contributed by atoms with van der Waals surface area (Å²) in [5.41, 5.74) is 3.26. The first kappa shape index (κ1) is 24.2. The molecule has 1 N–H and O–H groups in total. The van der Waals surface area contributed by atoms with Crippen LogP contribution in [0.1, 0.15) is 36.0 Å². The van der Waals surface area contributed by atoms with Gasteiger partial charge in [-0.25, -0.2) is 0 Å². The van der Waals surface area contributed by atoms with Gasteiger partial charge in [0, 0.05) is 41.8 Å². The summed E-state index contributed by atoms with van der Waals surface area (Å²) in [5, 5.41) is 7.78. The molecule has 1 amide bonds. The van der Waals surface area contributed by atoms with Gasteiger partial charge in [-0.3, -0.25) is 9.48 Å². The molecule has 1 spiro atoms. The average Bonchev–Trinajstić information content (AvgIpc) is 3.46. The molecule has 0 atom stereocenters. The molecular formula is C25H27F3IN5O. The Balaban J connectivity index is 1.40. The number of amides is 1. The predicted octanol–water partition coefficient (Wildman–Crippen LogP) is 5.81. The third-order valence-corrected chi connectivity index (χ3v) is 7.86. The third-order valence-electron chi connectivity index (χ3n) is 7.19. The highest BCUT2D eigenvalue weighted by atomic mass is 127. The molecule has 1 aromatic heterocycles. The number of aryl methyl sites for hydroxylation is 1. The van der Waals surface area contributed by atoms with Crippen molar-refractivity contribution in [2.24, 2.45) is 12.5 Å². The van der Waals surface area contributed by atoms with Crippen molar-refractivity contribution >= 4 is 56.6 Å². The molecule has 6 nitrogen and oxygen atoms in total. The van der Waals surface area contributed by atoms with Crippen LogP contribution in [0, 0.1) is 8.99 Å². The maximum absolute atomic E-state index is 13.4. The highest BCUT2D eigenvalue weighted by Gasteiger charge is 2.44. The monoisotopic (exact) mass is 597 g/mol. The highest BCUT2D eigenvalue weighted by molar-refractivity contribution is 14.1. The first-order valence-electron chi connectivity index (χ1n) is 11.6. The number of carbonyl (C=O) groups is 1. The molecular weight excluding hydrogens is 570 g/mol. The number of alkyl halides is 3. The molecule has 0 unspecified atom stereocenters. The van der Waals surface area contributed by atoms with E-state index in [1.54, 1.807) is 29.9 Å². The molecule has 2 aromatic carbocycles. The molecule has 1 aliphatic carbocycles. The van der Waals surface area contributed by atoms with E-state index in [-0.39, 0.29) is 11.7 Å². The highest BCUT2D eigenvalue weighted by Crippen LogP contribution is 2.54. The number of carbonyl (C=O) groups excluding carboxylic acids is 1. The zero-order valence-corrected chi connectivity index (χ0v) is 21.8. The van der Waals surface area contributed by atoms with Gasteiger partial charge in [0.1, 0.15) is 6.54 Å². The number of piperidine rings is 1. The fourth-order valence-electron chi connectivity index (χ4n) is 5.01. The molecule has 3 aromatic rings. The van der Waals surface area contributed by atoms with Crippen LogP contribution in [0.5, 0.6) is 0 Å². The van der Waals surface area contributed by atoms with E-state index < -0.39 is 12.7 Å². The van der Waals surface area contributed by atoms with Crippen LogP contribution in [0.15, 0.2) is 36.4 Å². The number of rotatable bonds is 5. The SMILES string of the molecule is CN(CC(F)(F)F)c1nn(C)c2ccc(NC(=O)c3ccc(I)cc3N3CCC4(CC3)CC4)cc12. The summed E-state index contributed by atoms with van der Waals surface area (Å²) >= 11 is 2.26. The van der Waals surface area contributed by atoms with E-state index >= 15 is 0 Å². The van der Waals surface area contributed by atoms with Crippen molar-refractivity contribution in [2.45, 2.75) is 31.9 Å². The van der Waals surface area contributed by atoms with Crippen LogP contribution in [-0.4, -0.2) is 48.5 Å². The zero-order valence-electron chi connectivity index (χ0n) is 19.6. The van der Waals surface area contributed by atoms with Crippen LogP contribution in [0.2, 0.25) is 0 Å². The van der Waals surface area contributed by atoms with Crippen LogP contribution in [-0.2, 0) is 7.05 Å². The predicted molar refractivity (Wildman–Crippen MR) is 140 cm³/mol. The van der Waals surface area contributed by atoms with E-state index in [0.717, 1.165) is 40.1 Å². The van der Waals surface area contributed by atoms with Crippen LogP contribution in [0.3, 0.4) is 0 Å². The van der Waals surface area contributed by atoms with E-state index in [9.17, 15) is 18.0 Å². The molecule has 1 aliphatic heterocycles. The standard InChI is InChI=1S/C25H27F3IN5O/c1-32(15-25(26,27)28)22-19-14-17(4-6-20(19)33(2)31-22)30-23(35)18-5-3-16(29)13-21(18)34-11-9-24(7-8-24)10-12-34/h3-6,13-14H,7-12,15H2,1-2H3,(H,30,35). The molecule has 1 saturated heterocycles. The lowest BCUT2D eigenvalue weighted by atomic mass is 9.93. The molecule has 10 heteroatoms. The summed E-state index contributed by atoms with van der Waals surface area (Å²) in [6, 6.07) is 11.0. The number of benzene rings is 2. The van der Waals surface area contributed by atoms with Gasteiger partial charge in [0.05, 0.1) is 16.8 Å². The third kappa shape index (κ3) is 5.07. The number of halogens is 4. The minimum Gasteiger partial charge on any atom is -0.371 e. The normalized spacial score (nSPS) is 17.1. The van der Waals surface area contributed by atoms with Crippen LogP contribution in [0.4, 0.5) is 30.4 Å². The average molecular weight is 597 g/mol. The minimum atomic E-state index is -4.35. The van der Waals surface area contributed by atoms with Crippen LogP contribution < -0.4 is 15.1 Å². The van der Waals surface area contributed by atoms with Gasteiger partial charge in [-0.15, -0.1) is 0 Å². The maximum atomic E-state index is 13.4. The summed E-state index contributed by atoms with van der Waals surface area (Å²) in [5.74, 6) is -0.0234. The van der Waals surface area contributed by atoms with Crippen molar-refractivity contribution in [3.8, 4) is 0 Å². The van der Waals surface area contributed by atoms with Gasteiger partial charge in [0.25, 0.3) is 5.91 Å². The van der Waals surface area contributed by atoms with Crippen molar-refractivity contribution in [2.75, 3.05) is 41.8 Å². The lowest BCUT2D eigenvalue weighted by Gasteiger charge is -2.35. The van der Waals surface area contributed by atoms with Gasteiger partial charge in [-0.1, -0.05) is 0 Å². The second-order valence-electron chi connectivity index (χ2n) is 9.75. The quantitative estimate of drug-likeness (QED) is 0.378. The van der Waals surface area contributed by atoms with Crippen LogP contribution in [0.25, 0.3) is 10.9 Å². The number of fused-ring (bicyclic) bond motifs is 1. The number of hydrogen-bond donors (Lipinski definition) is 1. The Hall–Kier alpha value is -2.50. The number of anilines is 3. The maximum Gasteiger partial charge on any atom is 0.405 e. The molecule has 35 heavy (non-hydrogen) atoms. The Morgan fingerprint density at radius 1 is 1.14 bits per heavy atom. The fourth-order valence-corrected chi connectivity index (χ4v) is 5.48. The smallest absolute Gasteiger partial charge is 0.371 e. The lowest BCUT2D eigenvalue weighted by molar-refractivity contribution is -0.119. The van der Waals surface area contributed by atoms with E-state index in [0.29, 0.717) is 27.6 Å². The minimum absolute atomic E-state index is 0.216. The topological polar surface area (TPSA) is 53.4 Å². The molecule has 1 saturated carbocycles. The summed E-state index contributed by atoms with van der Waals surface area (Å²) in [6.45, 7) is 0.771. The first-order chi connectivity index (χ1) is 16.5. The second kappa shape index (κ2) is 8.86.